The van der Waals surface area contributed by atoms with Gasteiger partial charge in [-0.05, 0) is 25.7 Å². The summed E-state index contributed by atoms with van der Waals surface area (Å²) in [7, 11) is 0. The highest BCUT2D eigenvalue weighted by Crippen LogP contribution is 2.25. The van der Waals surface area contributed by atoms with Crippen LogP contribution in [0.25, 0.3) is 5.53 Å². The summed E-state index contributed by atoms with van der Waals surface area (Å²) in [5.74, 6) is -2.22. The lowest BCUT2D eigenvalue weighted by Crippen LogP contribution is -2.46. The quantitative estimate of drug-likeness (QED) is 0.337. The molecule has 0 radical (unpaired) electrons. The molecule has 1 aliphatic carbocycles. The minimum absolute atomic E-state index is 0.0776. The Morgan fingerprint density at radius 3 is 2.62 bits per heavy atom. The van der Waals surface area contributed by atoms with Crippen LogP contribution in [0.2, 0.25) is 0 Å². The molecule has 0 aliphatic heterocycles. The molecule has 0 bridgehead atoms. The van der Waals surface area contributed by atoms with Gasteiger partial charge in [0.25, 0.3) is 0 Å². The average Bonchev–Trinajstić information content (AvgIpc) is 3.24. The van der Waals surface area contributed by atoms with Crippen LogP contribution < -0.4 is 5.32 Å². The summed E-state index contributed by atoms with van der Waals surface area (Å²) in [6, 6.07) is -1.18. The first-order valence-corrected chi connectivity index (χ1v) is 6.86. The van der Waals surface area contributed by atoms with Crippen molar-refractivity contribution in [2.24, 2.45) is 0 Å². The van der Waals surface area contributed by atoms with Gasteiger partial charge in [-0.3, -0.25) is 9.59 Å². The Labute approximate surface area is 122 Å². The van der Waals surface area contributed by atoms with Crippen molar-refractivity contribution >= 4 is 23.9 Å². The number of aliphatic carboxylic acids is 1. The first-order chi connectivity index (χ1) is 9.97. The minimum Gasteiger partial charge on any atom is -0.480 e. The van der Waals surface area contributed by atoms with Gasteiger partial charge in [0.05, 0.1) is 6.10 Å². The van der Waals surface area contributed by atoms with Gasteiger partial charge in [0.2, 0.25) is 11.7 Å². The second kappa shape index (κ2) is 8.28. The minimum atomic E-state index is -1.22. The molecule has 0 aromatic carbocycles. The van der Waals surface area contributed by atoms with Crippen molar-refractivity contribution in [1.82, 2.24) is 5.32 Å². The zero-order valence-electron chi connectivity index (χ0n) is 11.8. The second-order valence-corrected chi connectivity index (χ2v) is 4.88. The van der Waals surface area contributed by atoms with Crippen LogP contribution in [-0.2, 0) is 19.1 Å². The molecule has 1 aliphatic rings. The molecule has 1 fully saturated rings. The summed E-state index contributed by atoms with van der Waals surface area (Å²) in [6.07, 6.45) is 2.19. The van der Waals surface area contributed by atoms with Crippen molar-refractivity contribution in [3.05, 3.63) is 5.53 Å². The van der Waals surface area contributed by atoms with E-state index in [0.717, 1.165) is 12.8 Å². The third-order valence-corrected chi connectivity index (χ3v) is 3.04. The van der Waals surface area contributed by atoms with E-state index in [-0.39, 0.29) is 18.9 Å². The SMILES string of the molecule is CCC(OC1CC1)C(=O)NC(CCC(=O)C=[N+]=[N-])C(=O)O. The number of nitrogens with one attached hydrogen (secondary N) is 1. The number of nitrogens with zero attached hydrogens (tertiary/aromatic N) is 2. The Morgan fingerprint density at radius 2 is 2.14 bits per heavy atom. The van der Waals surface area contributed by atoms with Crippen molar-refractivity contribution in [2.45, 2.75) is 57.3 Å². The van der Waals surface area contributed by atoms with Crippen molar-refractivity contribution < 1.29 is 29.0 Å². The molecule has 8 nitrogen and oxygen atoms in total. The first kappa shape index (κ1) is 17.0. The van der Waals surface area contributed by atoms with E-state index in [9.17, 15) is 14.4 Å². The second-order valence-electron chi connectivity index (χ2n) is 4.88. The van der Waals surface area contributed by atoms with E-state index in [1.165, 1.54) is 0 Å². The van der Waals surface area contributed by atoms with Gasteiger partial charge in [-0.1, -0.05) is 6.92 Å². The third kappa shape index (κ3) is 6.29. The molecule has 8 heteroatoms. The molecule has 0 saturated heterocycles. The Morgan fingerprint density at radius 1 is 1.48 bits per heavy atom. The third-order valence-electron chi connectivity index (χ3n) is 3.04. The molecule has 21 heavy (non-hydrogen) atoms. The number of ketones is 1. The predicted octanol–water partition coefficient (Wildman–Crippen LogP) is 0.163. The van der Waals surface area contributed by atoms with Crippen LogP contribution in [0.5, 0.6) is 0 Å². The highest BCUT2D eigenvalue weighted by Gasteiger charge is 2.31. The van der Waals surface area contributed by atoms with E-state index in [1.54, 1.807) is 6.92 Å². The van der Waals surface area contributed by atoms with Crippen LogP contribution in [0, 0.1) is 0 Å². The maximum absolute atomic E-state index is 12.0. The van der Waals surface area contributed by atoms with Crippen LogP contribution in [0.1, 0.15) is 39.0 Å². The number of rotatable bonds is 10. The van der Waals surface area contributed by atoms with Gasteiger partial charge in [-0.2, -0.15) is 4.79 Å². The lowest BCUT2D eigenvalue weighted by atomic mass is 10.1. The van der Waals surface area contributed by atoms with Crippen LogP contribution in [-0.4, -0.2) is 52.0 Å². The van der Waals surface area contributed by atoms with E-state index in [4.69, 9.17) is 15.4 Å². The van der Waals surface area contributed by atoms with Gasteiger partial charge < -0.3 is 20.7 Å². The smallest absolute Gasteiger partial charge is 0.326 e. The highest BCUT2D eigenvalue weighted by atomic mass is 16.5. The van der Waals surface area contributed by atoms with Crippen molar-refractivity contribution in [1.29, 1.82) is 0 Å². The lowest BCUT2D eigenvalue weighted by Gasteiger charge is -2.19. The lowest BCUT2D eigenvalue weighted by molar-refractivity contribution is -0.145. The summed E-state index contributed by atoms with van der Waals surface area (Å²) in [5.41, 5.74) is 8.20. The molecule has 1 saturated carbocycles. The Bertz CT molecular complexity index is 455. The topological polar surface area (TPSA) is 129 Å². The number of hydrogen-bond donors (Lipinski definition) is 2. The van der Waals surface area contributed by atoms with Gasteiger partial charge in [0, 0.05) is 6.42 Å². The molecule has 2 unspecified atom stereocenters. The summed E-state index contributed by atoms with van der Waals surface area (Å²) >= 11 is 0. The summed E-state index contributed by atoms with van der Waals surface area (Å²) in [6.45, 7) is 1.78. The molecule has 0 aromatic rings. The number of hydrogen-bond acceptors (Lipinski definition) is 4. The number of amides is 1. The molecule has 2 atom stereocenters. The van der Waals surface area contributed by atoms with Gasteiger partial charge in [0.1, 0.15) is 12.1 Å². The van der Waals surface area contributed by atoms with Crippen LogP contribution in [0.15, 0.2) is 0 Å². The fourth-order valence-electron chi connectivity index (χ4n) is 1.72. The van der Waals surface area contributed by atoms with E-state index in [1.807, 2.05) is 0 Å². The van der Waals surface area contributed by atoms with Crippen LogP contribution in [0.3, 0.4) is 0 Å². The zero-order valence-corrected chi connectivity index (χ0v) is 11.8. The Balaban J connectivity index is 2.51. The molecule has 0 aromatic heterocycles. The predicted molar refractivity (Wildman–Crippen MR) is 71.7 cm³/mol. The normalized spacial score (nSPS) is 16.4. The maximum atomic E-state index is 12.0. The first-order valence-electron chi connectivity index (χ1n) is 6.86. The van der Waals surface area contributed by atoms with Gasteiger partial charge in [-0.25, -0.2) is 4.79 Å². The summed E-state index contributed by atoms with van der Waals surface area (Å²) in [4.78, 5) is 36.8. The summed E-state index contributed by atoms with van der Waals surface area (Å²) < 4.78 is 5.49. The van der Waals surface area contributed by atoms with Crippen LogP contribution in [0.4, 0.5) is 0 Å². The van der Waals surface area contributed by atoms with Gasteiger partial charge in [-0.15, -0.1) is 0 Å². The highest BCUT2D eigenvalue weighted by molar-refractivity contribution is 6.25. The van der Waals surface area contributed by atoms with E-state index in [0.29, 0.717) is 12.6 Å². The number of carbonyl (C=O) groups excluding carboxylic acids is 2. The molecule has 1 rings (SSSR count). The molecule has 0 spiro atoms. The number of Topliss-reactive ketones (excluding diaryl/α,β-unsaturated/α-hetero) is 1. The molecule has 116 valence electrons. The number of carboxylic acid groups (broad SMARTS) is 1. The number of ether oxygens (including phenoxy) is 1. The Kier molecular flexibility index (Phi) is 6.71. The van der Waals surface area contributed by atoms with Crippen LogP contribution >= 0.6 is 0 Å². The average molecular weight is 297 g/mol. The van der Waals surface area contributed by atoms with E-state index >= 15 is 0 Å². The number of carboxylic acids is 1. The largest absolute Gasteiger partial charge is 0.480 e. The van der Waals surface area contributed by atoms with Gasteiger partial charge >= 0.3 is 12.2 Å². The van der Waals surface area contributed by atoms with E-state index in [2.05, 4.69) is 10.1 Å². The fraction of sp³-hybridized carbons (Fsp3) is 0.692. The molecule has 2 N–H and O–H groups in total. The standard InChI is InChI=1S/C13H19N3O5/c1-2-11(21-9-4-5-9)12(18)16-10(13(19)20)6-3-8(17)7-15-14/h7,9-11H,2-6H2,1H3,(H,16,18)(H,19,20). The fourth-order valence-corrected chi connectivity index (χ4v) is 1.72. The summed E-state index contributed by atoms with van der Waals surface area (Å²) in [5, 5.41) is 11.4. The number of carbonyl (C=O) groups is 3. The Hall–Kier alpha value is -2.05. The molecular weight excluding hydrogens is 278 g/mol. The molecule has 1 amide bonds. The van der Waals surface area contributed by atoms with Crippen molar-refractivity contribution in [2.75, 3.05) is 0 Å². The van der Waals surface area contributed by atoms with Gasteiger partial charge in [0.15, 0.2) is 0 Å². The maximum Gasteiger partial charge on any atom is 0.326 e. The van der Waals surface area contributed by atoms with Crippen molar-refractivity contribution in [3.8, 4) is 0 Å². The van der Waals surface area contributed by atoms with Crippen molar-refractivity contribution in [3.63, 3.8) is 0 Å². The van der Waals surface area contributed by atoms with E-state index < -0.39 is 29.8 Å². The molecule has 0 heterocycles. The molecular formula is C13H19N3O5. The zero-order chi connectivity index (χ0) is 15.8. The monoisotopic (exact) mass is 297 g/mol.